The number of fused-ring (bicyclic) bond motifs is 3. The predicted molar refractivity (Wildman–Crippen MR) is 83.6 cm³/mol. The van der Waals surface area contributed by atoms with Crippen molar-refractivity contribution in [1.29, 1.82) is 0 Å². The van der Waals surface area contributed by atoms with Crippen LogP contribution in [0.1, 0.15) is 11.4 Å². The second-order valence-electron chi connectivity index (χ2n) is 5.21. The van der Waals surface area contributed by atoms with E-state index < -0.39 is 0 Å². The van der Waals surface area contributed by atoms with Gasteiger partial charge in [-0.1, -0.05) is 30.3 Å². The molecule has 0 fully saturated rings. The number of aromatic nitrogens is 4. The second-order valence-corrected chi connectivity index (χ2v) is 5.21. The van der Waals surface area contributed by atoms with Crippen molar-refractivity contribution in [2.24, 2.45) is 0 Å². The van der Waals surface area contributed by atoms with Gasteiger partial charge in [-0.3, -0.25) is 4.57 Å². The minimum Gasteiger partial charge on any atom is -0.278 e. The molecule has 0 atom stereocenters. The fourth-order valence-electron chi connectivity index (χ4n) is 2.77. The van der Waals surface area contributed by atoms with Crippen molar-refractivity contribution in [2.45, 2.75) is 13.8 Å². The summed E-state index contributed by atoms with van der Waals surface area (Å²) in [5.41, 5.74) is 3.46. The summed E-state index contributed by atoms with van der Waals surface area (Å²) in [6.07, 6.45) is 1.56. The van der Waals surface area contributed by atoms with E-state index in [1.54, 1.807) is 6.33 Å². The van der Waals surface area contributed by atoms with Gasteiger partial charge in [0.25, 0.3) is 0 Å². The summed E-state index contributed by atoms with van der Waals surface area (Å²) in [6, 6.07) is 14.8. The average Bonchev–Trinajstić information content (AvgIpc) is 2.80. The van der Waals surface area contributed by atoms with Crippen LogP contribution in [-0.4, -0.2) is 19.5 Å². The number of rotatable bonds is 1. The first-order chi connectivity index (χ1) is 10.2. The summed E-state index contributed by atoms with van der Waals surface area (Å²) < 4.78 is 2.10. The highest BCUT2D eigenvalue weighted by atomic mass is 15.2. The molecule has 4 aromatic rings. The summed E-state index contributed by atoms with van der Waals surface area (Å²) in [6.45, 7) is 3.98. The maximum absolute atomic E-state index is 4.49. The smallest absolute Gasteiger partial charge is 0.237 e. The monoisotopic (exact) mass is 274 g/mol. The van der Waals surface area contributed by atoms with Crippen LogP contribution in [0.25, 0.3) is 27.8 Å². The normalized spacial score (nSPS) is 11.3. The van der Waals surface area contributed by atoms with Gasteiger partial charge in [0.1, 0.15) is 12.2 Å². The van der Waals surface area contributed by atoms with Crippen molar-refractivity contribution in [3.63, 3.8) is 0 Å². The molecule has 102 valence electrons. The summed E-state index contributed by atoms with van der Waals surface area (Å²) in [5, 5.41) is 2.43. The first-order valence-corrected chi connectivity index (χ1v) is 6.90. The van der Waals surface area contributed by atoms with Crippen LogP contribution in [0.4, 0.5) is 0 Å². The maximum Gasteiger partial charge on any atom is 0.237 e. The quantitative estimate of drug-likeness (QED) is 0.533. The topological polar surface area (TPSA) is 43.6 Å². The number of para-hydroxylation sites is 1. The minimum atomic E-state index is 0.666. The SMILES string of the molecule is Cc1ccc2c3ccccc3n(-c3ncnc(C)n3)c2c1. The zero-order valence-electron chi connectivity index (χ0n) is 11.9. The molecule has 0 spiro atoms. The third-order valence-electron chi connectivity index (χ3n) is 3.71. The second kappa shape index (κ2) is 4.38. The molecule has 4 rings (SSSR count). The molecule has 0 N–H and O–H groups in total. The molecule has 0 bridgehead atoms. The van der Waals surface area contributed by atoms with Crippen LogP contribution >= 0.6 is 0 Å². The molecule has 4 heteroatoms. The summed E-state index contributed by atoms with van der Waals surface area (Å²) >= 11 is 0. The van der Waals surface area contributed by atoms with Crippen molar-refractivity contribution in [1.82, 2.24) is 19.5 Å². The Morgan fingerprint density at radius 2 is 1.67 bits per heavy atom. The highest BCUT2D eigenvalue weighted by Crippen LogP contribution is 2.31. The lowest BCUT2D eigenvalue weighted by molar-refractivity contribution is 0.900. The van der Waals surface area contributed by atoms with Crippen LogP contribution in [-0.2, 0) is 0 Å². The molecule has 2 aromatic heterocycles. The number of nitrogens with zero attached hydrogens (tertiary/aromatic N) is 4. The predicted octanol–water partition coefficient (Wildman–Crippen LogP) is 3.59. The molecule has 2 aromatic carbocycles. The van der Waals surface area contributed by atoms with E-state index in [1.807, 2.05) is 13.0 Å². The van der Waals surface area contributed by atoms with Gasteiger partial charge in [0.15, 0.2) is 0 Å². The van der Waals surface area contributed by atoms with Crippen LogP contribution < -0.4 is 0 Å². The van der Waals surface area contributed by atoms with Gasteiger partial charge in [-0.25, -0.2) is 9.97 Å². The number of aryl methyl sites for hydroxylation is 2. The zero-order valence-corrected chi connectivity index (χ0v) is 11.9. The Morgan fingerprint density at radius 1 is 0.857 bits per heavy atom. The largest absolute Gasteiger partial charge is 0.278 e. The van der Waals surface area contributed by atoms with Crippen molar-refractivity contribution >= 4 is 21.8 Å². The van der Waals surface area contributed by atoms with Gasteiger partial charge < -0.3 is 0 Å². The van der Waals surface area contributed by atoms with E-state index in [-0.39, 0.29) is 0 Å². The van der Waals surface area contributed by atoms with Crippen LogP contribution in [0.2, 0.25) is 0 Å². The Hall–Kier alpha value is -2.75. The van der Waals surface area contributed by atoms with Gasteiger partial charge in [-0.2, -0.15) is 4.98 Å². The molecule has 0 aliphatic rings. The molecule has 0 radical (unpaired) electrons. The van der Waals surface area contributed by atoms with Crippen LogP contribution in [0.3, 0.4) is 0 Å². The number of hydrogen-bond donors (Lipinski definition) is 0. The zero-order chi connectivity index (χ0) is 14.4. The highest BCUT2D eigenvalue weighted by Gasteiger charge is 2.13. The molecular weight excluding hydrogens is 260 g/mol. The molecule has 0 aliphatic heterocycles. The van der Waals surface area contributed by atoms with E-state index in [4.69, 9.17) is 0 Å². The molecule has 0 saturated carbocycles. The van der Waals surface area contributed by atoms with Crippen molar-refractivity contribution < 1.29 is 0 Å². The molecule has 2 heterocycles. The van der Waals surface area contributed by atoms with Crippen molar-refractivity contribution in [3.8, 4) is 5.95 Å². The molecule has 0 unspecified atom stereocenters. The fourth-order valence-corrected chi connectivity index (χ4v) is 2.77. The van der Waals surface area contributed by atoms with Crippen molar-refractivity contribution in [2.75, 3.05) is 0 Å². The fraction of sp³-hybridized carbons (Fsp3) is 0.118. The third kappa shape index (κ3) is 1.80. The third-order valence-corrected chi connectivity index (χ3v) is 3.71. The van der Waals surface area contributed by atoms with Crippen LogP contribution in [0, 0.1) is 13.8 Å². The van der Waals surface area contributed by atoms with Gasteiger partial charge in [0.05, 0.1) is 11.0 Å². The van der Waals surface area contributed by atoms with E-state index in [9.17, 15) is 0 Å². The average molecular weight is 274 g/mol. The molecule has 0 saturated heterocycles. The molecule has 0 aliphatic carbocycles. The van der Waals surface area contributed by atoms with Crippen LogP contribution in [0.5, 0.6) is 0 Å². The summed E-state index contributed by atoms with van der Waals surface area (Å²) in [7, 11) is 0. The van der Waals surface area contributed by atoms with Crippen LogP contribution in [0.15, 0.2) is 48.8 Å². The lowest BCUT2D eigenvalue weighted by Crippen LogP contribution is -2.03. The van der Waals surface area contributed by atoms with Gasteiger partial charge in [0, 0.05) is 10.8 Å². The Morgan fingerprint density at radius 3 is 2.52 bits per heavy atom. The summed E-state index contributed by atoms with van der Waals surface area (Å²) in [4.78, 5) is 12.9. The number of benzene rings is 2. The molecule has 0 amide bonds. The first-order valence-electron chi connectivity index (χ1n) is 6.90. The Kier molecular flexibility index (Phi) is 2.51. The Bertz CT molecular complexity index is 969. The van der Waals surface area contributed by atoms with Gasteiger partial charge in [-0.15, -0.1) is 0 Å². The molecule has 21 heavy (non-hydrogen) atoms. The van der Waals surface area contributed by atoms with E-state index in [2.05, 4.69) is 62.8 Å². The van der Waals surface area contributed by atoms with E-state index >= 15 is 0 Å². The Labute approximate surface area is 122 Å². The molecule has 4 nitrogen and oxygen atoms in total. The van der Waals surface area contributed by atoms with E-state index in [0.717, 1.165) is 16.9 Å². The Balaban J connectivity index is 2.21. The van der Waals surface area contributed by atoms with Gasteiger partial charge in [0.2, 0.25) is 5.95 Å². The standard InChI is InChI=1S/C17H14N4/c1-11-7-8-14-13-5-3-4-6-15(13)21(16(14)9-11)17-19-10-18-12(2)20-17/h3-10H,1-2H3. The number of hydrogen-bond acceptors (Lipinski definition) is 3. The highest BCUT2D eigenvalue weighted by molar-refractivity contribution is 6.09. The van der Waals surface area contributed by atoms with E-state index in [0.29, 0.717) is 5.95 Å². The lowest BCUT2D eigenvalue weighted by atomic mass is 10.1. The van der Waals surface area contributed by atoms with Gasteiger partial charge in [-0.05, 0) is 31.5 Å². The first kappa shape index (κ1) is 12.0. The van der Waals surface area contributed by atoms with Gasteiger partial charge >= 0.3 is 0 Å². The summed E-state index contributed by atoms with van der Waals surface area (Å²) in [5.74, 6) is 1.39. The minimum absolute atomic E-state index is 0.666. The van der Waals surface area contributed by atoms with Crippen molar-refractivity contribution in [3.05, 3.63) is 60.2 Å². The maximum atomic E-state index is 4.49. The lowest BCUT2D eigenvalue weighted by Gasteiger charge is -2.05. The van der Waals surface area contributed by atoms with E-state index in [1.165, 1.54) is 16.3 Å². The molecular formula is C17H14N4.